The van der Waals surface area contributed by atoms with Crippen molar-refractivity contribution in [3.05, 3.63) is 52.5 Å². The Morgan fingerprint density at radius 3 is 1.97 bits per heavy atom. The highest BCUT2D eigenvalue weighted by molar-refractivity contribution is 6.31. The lowest BCUT2D eigenvalue weighted by molar-refractivity contribution is -0.119. The molecule has 0 unspecified atom stereocenters. The van der Waals surface area contributed by atoms with Crippen molar-refractivity contribution in [1.29, 1.82) is 0 Å². The molecule has 9 heteroatoms. The molecule has 0 spiro atoms. The molecule has 0 atom stereocenters. The van der Waals surface area contributed by atoms with Crippen LogP contribution in [0.3, 0.4) is 0 Å². The second-order valence-corrected chi connectivity index (χ2v) is 6.66. The minimum absolute atomic E-state index is 0.0613. The van der Waals surface area contributed by atoms with Gasteiger partial charge in [-0.05, 0) is 42.8 Å². The maximum atomic E-state index is 12.3. The molecule has 0 radical (unpaired) electrons. The van der Waals surface area contributed by atoms with Crippen LogP contribution in [-0.4, -0.2) is 30.3 Å². The van der Waals surface area contributed by atoms with Gasteiger partial charge in [0.25, 0.3) is 5.91 Å². The highest BCUT2D eigenvalue weighted by atomic mass is 35.5. The molecule has 0 aliphatic rings. The predicted octanol–water partition coefficient (Wildman–Crippen LogP) is 3.36. The zero-order valence-electron chi connectivity index (χ0n) is 16.1. The van der Waals surface area contributed by atoms with Crippen molar-refractivity contribution in [2.24, 2.45) is 0 Å². The fourth-order valence-corrected chi connectivity index (χ4v) is 2.56. The number of carbonyl (C=O) groups excluding carboxylic acids is 4. The van der Waals surface area contributed by atoms with Crippen LogP contribution in [0.5, 0.6) is 0 Å². The summed E-state index contributed by atoms with van der Waals surface area (Å²) < 4.78 is 5.03. The second kappa shape index (κ2) is 9.70. The van der Waals surface area contributed by atoms with Gasteiger partial charge in [-0.1, -0.05) is 17.7 Å². The second-order valence-electron chi connectivity index (χ2n) is 6.25. The minimum atomic E-state index is -0.791. The van der Waals surface area contributed by atoms with Gasteiger partial charge in [-0.2, -0.15) is 0 Å². The Morgan fingerprint density at radius 2 is 1.45 bits per heavy atom. The highest BCUT2D eigenvalue weighted by Crippen LogP contribution is 2.21. The van der Waals surface area contributed by atoms with Gasteiger partial charge in [0.05, 0.1) is 5.56 Å². The van der Waals surface area contributed by atoms with Gasteiger partial charge in [0, 0.05) is 35.9 Å². The number of nitrogens with one attached hydrogen (secondary N) is 3. The van der Waals surface area contributed by atoms with Crippen molar-refractivity contribution >= 4 is 52.4 Å². The summed E-state index contributed by atoms with van der Waals surface area (Å²) in [6, 6.07) is 9.28. The molecule has 2 aromatic carbocycles. The van der Waals surface area contributed by atoms with Crippen LogP contribution in [-0.2, 0) is 19.1 Å². The molecule has 0 bridgehead atoms. The minimum Gasteiger partial charge on any atom is -0.452 e. The fourth-order valence-electron chi connectivity index (χ4n) is 2.38. The zero-order valence-corrected chi connectivity index (χ0v) is 16.8. The number of carbonyl (C=O) groups is 4. The van der Waals surface area contributed by atoms with Crippen LogP contribution in [0.2, 0.25) is 5.02 Å². The van der Waals surface area contributed by atoms with E-state index in [2.05, 4.69) is 16.0 Å². The zero-order chi connectivity index (χ0) is 21.6. The van der Waals surface area contributed by atoms with Crippen molar-refractivity contribution in [1.82, 2.24) is 0 Å². The van der Waals surface area contributed by atoms with E-state index in [9.17, 15) is 19.2 Å². The van der Waals surface area contributed by atoms with Gasteiger partial charge >= 0.3 is 5.97 Å². The molecule has 0 aliphatic heterocycles. The quantitative estimate of drug-likeness (QED) is 0.623. The lowest BCUT2D eigenvalue weighted by atomic mass is 10.1. The van der Waals surface area contributed by atoms with E-state index in [4.69, 9.17) is 16.3 Å². The number of aryl methyl sites for hydroxylation is 1. The Kier molecular flexibility index (Phi) is 7.33. The molecule has 152 valence electrons. The van der Waals surface area contributed by atoms with Gasteiger partial charge in [-0.25, -0.2) is 4.79 Å². The number of hydrogen-bond acceptors (Lipinski definition) is 5. The van der Waals surface area contributed by atoms with Crippen molar-refractivity contribution in [3.8, 4) is 0 Å². The van der Waals surface area contributed by atoms with Gasteiger partial charge in [0.2, 0.25) is 11.8 Å². The molecule has 3 N–H and O–H groups in total. The first-order valence-corrected chi connectivity index (χ1v) is 8.95. The lowest BCUT2D eigenvalue weighted by Crippen LogP contribution is -2.21. The molecule has 0 saturated heterocycles. The molecule has 0 heterocycles. The van der Waals surface area contributed by atoms with E-state index in [0.29, 0.717) is 22.1 Å². The first-order chi connectivity index (χ1) is 13.6. The van der Waals surface area contributed by atoms with Crippen LogP contribution in [0.15, 0.2) is 36.4 Å². The maximum absolute atomic E-state index is 12.3. The summed E-state index contributed by atoms with van der Waals surface area (Å²) in [6.45, 7) is 3.93. The Balaban J connectivity index is 2.06. The number of benzene rings is 2. The van der Waals surface area contributed by atoms with E-state index < -0.39 is 18.5 Å². The van der Waals surface area contributed by atoms with Gasteiger partial charge in [-0.3, -0.25) is 14.4 Å². The third-order valence-electron chi connectivity index (χ3n) is 3.60. The molecule has 29 heavy (non-hydrogen) atoms. The number of halogens is 1. The first kappa shape index (κ1) is 21.9. The predicted molar refractivity (Wildman–Crippen MR) is 110 cm³/mol. The van der Waals surface area contributed by atoms with Crippen molar-refractivity contribution in [3.63, 3.8) is 0 Å². The largest absolute Gasteiger partial charge is 0.452 e. The summed E-state index contributed by atoms with van der Waals surface area (Å²) in [7, 11) is 0. The average Bonchev–Trinajstić information content (AvgIpc) is 2.61. The van der Waals surface area contributed by atoms with Crippen molar-refractivity contribution < 1.29 is 23.9 Å². The van der Waals surface area contributed by atoms with E-state index in [1.807, 2.05) is 6.92 Å². The van der Waals surface area contributed by atoms with E-state index in [0.717, 1.165) is 5.56 Å². The molecule has 0 fully saturated rings. The number of hydrogen-bond donors (Lipinski definition) is 3. The van der Waals surface area contributed by atoms with Crippen molar-refractivity contribution in [2.75, 3.05) is 22.6 Å². The molecule has 0 aliphatic carbocycles. The SMILES string of the molecule is CC(=O)Nc1cc(NC(C)=O)cc(C(=O)OCC(=O)Nc2ccc(C)c(Cl)c2)c1. The normalized spacial score (nSPS) is 10.1. The summed E-state index contributed by atoms with van der Waals surface area (Å²) in [5.41, 5.74) is 2.00. The van der Waals surface area contributed by atoms with E-state index in [1.54, 1.807) is 18.2 Å². The summed E-state index contributed by atoms with van der Waals surface area (Å²) in [4.78, 5) is 46.9. The highest BCUT2D eigenvalue weighted by Gasteiger charge is 2.14. The molecule has 3 amide bonds. The van der Waals surface area contributed by atoms with Gasteiger partial charge in [-0.15, -0.1) is 0 Å². The first-order valence-electron chi connectivity index (χ1n) is 8.57. The van der Waals surface area contributed by atoms with Crippen LogP contribution >= 0.6 is 11.6 Å². The topological polar surface area (TPSA) is 114 Å². The van der Waals surface area contributed by atoms with Crippen molar-refractivity contribution in [2.45, 2.75) is 20.8 Å². The van der Waals surface area contributed by atoms with E-state index in [-0.39, 0.29) is 17.4 Å². The number of ether oxygens (including phenoxy) is 1. The Bertz CT molecular complexity index is 940. The van der Waals surface area contributed by atoms with Gasteiger partial charge in [0.1, 0.15) is 0 Å². The number of rotatable bonds is 6. The molecule has 0 saturated carbocycles. The van der Waals surface area contributed by atoms with Crippen LogP contribution in [0.4, 0.5) is 17.1 Å². The standard InChI is InChI=1S/C20H20ClN3O5/c1-11-4-5-15(9-18(11)21)24-19(27)10-29-20(28)14-6-16(22-12(2)25)8-17(7-14)23-13(3)26/h4-9H,10H2,1-3H3,(H,22,25)(H,23,26)(H,24,27). The molecule has 2 aromatic rings. The molecule has 0 aromatic heterocycles. The summed E-state index contributed by atoms with van der Waals surface area (Å²) in [5, 5.41) is 8.14. The lowest BCUT2D eigenvalue weighted by Gasteiger charge is -2.11. The summed E-state index contributed by atoms with van der Waals surface area (Å²) >= 11 is 6.01. The number of anilines is 3. The van der Waals surface area contributed by atoms with E-state index >= 15 is 0 Å². The van der Waals surface area contributed by atoms with Gasteiger partial charge in [0.15, 0.2) is 6.61 Å². The Morgan fingerprint density at radius 1 is 0.862 bits per heavy atom. The summed E-state index contributed by atoms with van der Waals surface area (Å²) in [6.07, 6.45) is 0. The molecular weight excluding hydrogens is 398 g/mol. The smallest absolute Gasteiger partial charge is 0.338 e. The summed E-state index contributed by atoms with van der Waals surface area (Å²) in [5.74, 6) is -2.03. The number of amides is 3. The monoisotopic (exact) mass is 417 g/mol. The van der Waals surface area contributed by atoms with Crippen LogP contribution < -0.4 is 16.0 Å². The average molecular weight is 418 g/mol. The third kappa shape index (κ3) is 6.93. The van der Waals surface area contributed by atoms with Crippen LogP contribution in [0.1, 0.15) is 29.8 Å². The Labute approximate surface area is 172 Å². The van der Waals surface area contributed by atoms with Gasteiger partial charge < -0.3 is 20.7 Å². The maximum Gasteiger partial charge on any atom is 0.338 e. The number of esters is 1. The van der Waals surface area contributed by atoms with Crippen LogP contribution in [0, 0.1) is 6.92 Å². The Hall–Kier alpha value is -3.39. The molecular formula is C20H20ClN3O5. The van der Waals surface area contributed by atoms with E-state index in [1.165, 1.54) is 32.0 Å². The fraction of sp³-hybridized carbons (Fsp3) is 0.200. The molecule has 2 rings (SSSR count). The third-order valence-corrected chi connectivity index (χ3v) is 4.01. The van der Waals surface area contributed by atoms with Crippen LogP contribution in [0.25, 0.3) is 0 Å². The molecule has 8 nitrogen and oxygen atoms in total.